The van der Waals surface area contributed by atoms with Crippen molar-refractivity contribution in [2.45, 2.75) is 300 Å². The van der Waals surface area contributed by atoms with Crippen molar-refractivity contribution in [3.8, 4) is 0 Å². The molecule has 2 aliphatic heterocycles. The highest BCUT2D eigenvalue weighted by atomic mass is 16.7. The fourth-order valence-electron chi connectivity index (χ4n) is 9.44. The van der Waals surface area contributed by atoms with Gasteiger partial charge in [0.15, 0.2) is 18.7 Å². The summed E-state index contributed by atoms with van der Waals surface area (Å²) in [6.07, 6.45) is 42.5. The zero-order valence-corrected chi connectivity index (χ0v) is 48.4. The van der Waals surface area contributed by atoms with E-state index in [-0.39, 0.29) is 19.4 Å². The molecule has 0 radical (unpaired) electrons. The van der Waals surface area contributed by atoms with Crippen LogP contribution in [0.4, 0.5) is 0 Å². The van der Waals surface area contributed by atoms with Crippen molar-refractivity contribution in [1.82, 2.24) is 0 Å². The van der Waals surface area contributed by atoms with Gasteiger partial charge in [-0.25, -0.2) is 0 Å². The molecule has 78 heavy (non-hydrogen) atoms. The van der Waals surface area contributed by atoms with Crippen molar-refractivity contribution in [3.05, 3.63) is 60.8 Å². The van der Waals surface area contributed by atoms with Crippen molar-refractivity contribution >= 4 is 11.9 Å². The zero-order chi connectivity index (χ0) is 56.7. The number of aliphatic hydroxyl groups is 7. The van der Waals surface area contributed by atoms with E-state index >= 15 is 0 Å². The highest BCUT2D eigenvalue weighted by Crippen LogP contribution is 2.27. The Labute approximate surface area is 470 Å². The largest absolute Gasteiger partial charge is 0.462 e. The molecular formula is C63H110O15. The van der Waals surface area contributed by atoms with Gasteiger partial charge in [0, 0.05) is 12.8 Å². The monoisotopic (exact) mass is 1110 g/mol. The Bertz CT molecular complexity index is 1580. The number of hydrogen-bond donors (Lipinski definition) is 7. The molecular weight excluding hydrogens is 997 g/mol. The minimum Gasteiger partial charge on any atom is -0.462 e. The number of esters is 2. The molecule has 7 N–H and O–H groups in total. The summed E-state index contributed by atoms with van der Waals surface area (Å²) in [5, 5.41) is 72.4. The third-order valence-corrected chi connectivity index (χ3v) is 14.5. The van der Waals surface area contributed by atoms with Crippen LogP contribution in [0.1, 0.15) is 232 Å². The van der Waals surface area contributed by atoms with Crippen LogP contribution in [-0.4, -0.2) is 142 Å². The van der Waals surface area contributed by atoms with Crippen molar-refractivity contribution < 1.29 is 73.8 Å². The predicted octanol–water partition coefficient (Wildman–Crippen LogP) is 11.2. The van der Waals surface area contributed by atoms with Crippen LogP contribution in [0.15, 0.2) is 60.8 Å². The van der Waals surface area contributed by atoms with Crippen LogP contribution in [0.25, 0.3) is 0 Å². The Balaban J connectivity index is 1.75. The third kappa shape index (κ3) is 35.1. The molecule has 0 aliphatic carbocycles. The molecule has 0 aromatic carbocycles. The molecule has 2 heterocycles. The average Bonchev–Trinajstić information content (AvgIpc) is 3.43. The van der Waals surface area contributed by atoms with Crippen molar-refractivity contribution in [2.24, 2.45) is 0 Å². The summed E-state index contributed by atoms with van der Waals surface area (Å²) >= 11 is 0. The first-order valence-electron chi connectivity index (χ1n) is 30.9. The Kier molecular flexibility index (Phi) is 44.7. The molecule has 2 saturated heterocycles. The number of carbonyl (C=O) groups is 2. The smallest absolute Gasteiger partial charge is 0.306 e. The van der Waals surface area contributed by atoms with Crippen molar-refractivity contribution in [3.63, 3.8) is 0 Å². The summed E-state index contributed by atoms with van der Waals surface area (Å²) in [4.78, 5) is 25.9. The predicted molar refractivity (Wildman–Crippen MR) is 307 cm³/mol. The number of hydrogen-bond acceptors (Lipinski definition) is 15. The van der Waals surface area contributed by atoms with Gasteiger partial charge < -0.3 is 64.2 Å². The van der Waals surface area contributed by atoms with Crippen LogP contribution in [-0.2, 0) is 38.0 Å². The molecule has 0 bridgehead atoms. The summed E-state index contributed by atoms with van der Waals surface area (Å²) in [6, 6.07) is 0. The van der Waals surface area contributed by atoms with Gasteiger partial charge >= 0.3 is 11.9 Å². The quantitative estimate of drug-likeness (QED) is 0.0171. The first-order valence-corrected chi connectivity index (χ1v) is 30.9. The van der Waals surface area contributed by atoms with Crippen LogP contribution in [0, 0.1) is 0 Å². The summed E-state index contributed by atoms with van der Waals surface area (Å²) in [5.41, 5.74) is 0. The first-order chi connectivity index (χ1) is 38.0. The van der Waals surface area contributed by atoms with E-state index in [1.54, 1.807) is 0 Å². The van der Waals surface area contributed by atoms with Gasteiger partial charge in [-0.1, -0.05) is 203 Å². The van der Waals surface area contributed by atoms with Gasteiger partial charge in [-0.15, -0.1) is 0 Å². The molecule has 0 amide bonds. The number of aliphatic hydroxyl groups excluding tert-OH is 7. The van der Waals surface area contributed by atoms with Crippen molar-refractivity contribution in [1.29, 1.82) is 0 Å². The topological polar surface area (TPSA) is 231 Å². The Morgan fingerprint density at radius 2 is 0.782 bits per heavy atom. The SMILES string of the molecule is CCCCC/C=C/C/C=C/C/C=C/C/C=C/CCCCCC(=O)OC[C@H](CO[C@H]1O[C@@H](CO[C@H]2O[C@@H](CO)[C@@H](O)C(O)C2O)[C@@H](O)C(O)C1O)OC(=O)CCC/C=C/CCCCCCCCCCCCCCCCCCCC. The van der Waals surface area contributed by atoms with Gasteiger partial charge in [-0.3, -0.25) is 9.59 Å². The maximum absolute atomic E-state index is 13.1. The number of ether oxygens (including phenoxy) is 6. The van der Waals surface area contributed by atoms with Gasteiger partial charge in [0.1, 0.15) is 55.4 Å². The van der Waals surface area contributed by atoms with Gasteiger partial charge in [0.25, 0.3) is 0 Å². The normalized spacial score (nSPS) is 24.4. The summed E-state index contributed by atoms with van der Waals surface area (Å²) in [6.45, 7) is 2.54. The maximum atomic E-state index is 13.1. The van der Waals surface area contributed by atoms with Gasteiger partial charge in [-0.05, 0) is 77.0 Å². The molecule has 2 aliphatic rings. The maximum Gasteiger partial charge on any atom is 0.306 e. The Morgan fingerprint density at radius 1 is 0.410 bits per heavy atom. The second-order valence-corrected chi connectivity index (χ2v) is 21.5. The van der Waals surface area contributed by atoms with E-state index in [1.807, 2.05) is 0 Å². The number of carbonyl (C=O) groups excluding carboxylic acids is 2. The van der Waals surface area contributed by atoms with E-state index in [0.29, 0.717) is 19.3 Å². The van der Waals surface area contributed by atoms with Gasteiger partial charge in [0.05, 0.1) is 19.8 Å². The second kappa shape index (κ2) is 48.9. The lowest BCUT2D eigenvalue weighted by Gasteiger charge is -2.42. The number of unbranched alkanes of at least 4 members (excludes halogenated alkanes) is 25. The zero-order valence-electron chi connectivity index (χ0n) is 48.4. The van der Waals surface area contributed by atoms with Crippen LogP contribution < -0.4 is 0 Å². The molecule has 452 valence electrons. The van der Waals surface area contributed by atoms with E-state index in [4.69, 9.17) is 28.4 Å². The summed E-state index contributed by atoms with van der Waals surface area (Å²) in [7, 11) is 0. The van der Waals surface area contributed by atoms with E-state index < -0.39 is 99.3 Å². The molecule has 0 saturated carbocycles. The van der Waals surface area contributed by atoms with Crippen LogP contribution in [0.5, 0.6) is 0 Å². The standard InChI is InChI=1S/C63H110O15/c1-3-5-7-9-11-13-15-17-19-21-23-24-25-26-28-30-32-34-36-38-40-42-44-46-55(66)76-51(48-73-54(65)45-43-41-39-37-35-33-31-29-27-22-20-18-16-14-12-10-8-6-4-2)49-74-62-61(72)59(70)57(68)53(78-62)50-75-63-60(71)58(69)56(67)52(47-64)77-63/h12,14,18,20,27,29,33,35,38,40,51-53,56-64,67-72H,3-11,13,15-17,19,21-26,28,30-32,34,36-37,39,41-50H2,1-2H3/b14-12+,20-18+,29-27+,35-33+,40-38+/t51-,52+,53+,56-,57-,58?,59?,60?,61?,62+,63+/m1/s1. The molecule has 0 spiro atoms. The Morgan fingerprint density at radius 3 is 1.28 bits per heavy atom. The van der Waals surface area contributed by atoms with E-state index in [9.17, 15) is 45.3 Å². The lowest BCUT2D eigenvalue weighted by molar-refractivity contribution is -0.332. The molecule has 15 heteroatoms. The summed E-state index contributed by atoms with van der Waals surface area (Å²) in [5.74, 6) is -0.994. The summed E-state index contributed by atoms with van der Waals surface area (Å²) < 4.78 is 33.7. The molecule has 0 aromatic heterocycles. The fraction of sp³-hybridized carbons (Fsp3) is 0.810. The molecule has 0 aromatic rings. The highest BCUT2D eigenvalue weighted by molar-refractivity contribution is 5.70. The lowest BCUT2D eigenvalue weighted by Crippen LogP contribution is -2.61. The van der Waals surface area contributed by atoms with E-state index in [1.165, 1.54) is 128 Å². The average molecular weight is 1110 g/mol. The third-order valence-electron chi connectivity index (χ3n) is 14.5. The Hall–Kier alpha value is -2.80. The molecule has 11 atom stereocenters. The minimum atomic E-state index is -1.78. The van der Waals surface area contributed by atoms with E-state index in [0.717, 1.165) is 57.8 Å². The van der Waals surface area contributed by atoms with Crippen LogP contribution in [0.3, 0.4) is 0 Å². The van der Waals surface area contributed by atoms with Gasteiger partial charge in [0.2, 0.25) is 0 Å². The molecule has 2 fully saturated rings. The highest BCUT2D eigenvalue weighted by Gasteiger charge is 2.47. The van der Waals surface area contributed by atoms with E-state index in [2.05, 4.69) is 74.6 Å². The van der Waals surface area contributed by atoms with Crippen LogP contribution in [0.2, 0.25) is 0 Å². The molecule has 2 rings (SSSR count). The molecule has 4 unspecified atom stereocenters. The van der Waals surface area contributed by atoms with Crippen molar-refractivity contribution in [2.75, 3.05) is 26.4 Å². The van der Waals surface area contributed by atoms with Crippen LogP contribution >= 0.6 is 0 Å². The molecule has 15 nitrogen and oxygen atoms in total. The fourth-order valence-corrected chi connectivity index (χ4v) is 9.44. The van der Waals surface area contributed by atoms with Gasteiger partial charge in [-0.2, -0.15) is 0 Å². The first kappa shape index (κ1) is 71.3. The minimum absolute atomic E-state index is 0.109. The number of allylic oxidation sites excluding steroid dienone is 10. The number of rotatable bonds is 49. The lowest BCUT2D eigenvalue weighted by atomic mass is 9.98. The second-order valence-electron chi connectivity index (χ2n) is 21.5.